The van der Waals surface area contributed by atoms with Crippen LogP contribution in [0.15, 0.2) is 15.8 Å². The first-order chi connectivity index (χ1) is 9.93. The molecule has 0 radical (unpaired) electrons. The molecule has 0 aliphatic rings. The highest BCUT2D eigenvalue weighted by molar-refractivity contribution is 5.90. The Bertz CT molecular complexity index is 791. The summed E-state index contributed by atoms with van der Waals surface area (Å²) in [6.07, 6.45) is 2.39. The molecule has 0 atom stereocenters. The summed E-state index contributed by atoms with van der Waals surface area (Å²) in [5.74, 6) is 0. The van der Waals surface area contributed by atoms with Gasteiger partial charge in [-0.25, -0.2) is 9.78 Å². The van der Waals surface area contributed by atoms with Crippen LogP contribution in [0.4, 0.5) is 5.69 Å². The number of hydrogen-bond donors (Lipinski definition) is 1. The molecule has 114 valence electrons. The lowest BCUT2D eigenvalue weighted by Gasteiger charge is -2.23. The molecule has 0 unspecified atom stereocenters. The van der Waals surface area contributed by atoms with Gasteiger partial charge in [-0.3, -0.25) is 13.9 Å². The van der Waals surface area contributed by atoms with Crippen LogP contribution in [0.2, 0.25) is 0 Å². The zero-order valence-corrected chi connectivity index (χ0v) is 12.8. The van der Waals surface area contributed by atoms with E-state index in [1.54, 1.807) is 13.2 Å². The van der Waals surface area contributed by atoms with E-state index in [9.17, 15) is 9.59 Å². The van der Waals surface area contributed by atoms with E-state index < -0.39 is 5.69 Å². The summed E-state index contributed by atoms with van der Waals surface area (Å²) in [5.41, 5.74) is 1.23. The van der Waals surface area contributed by atoms with Crippen molar-refractivity contribution in [2.24, 2.45) is 14.1 Å². The van der Waals surface area contributed by atoms with Gasteiger partial charge in [-0.05, 0) is 12.0 Å². The Labute approximate surface area is 122 Å². The average molecular weight is 292 g/mol. The number of aliphatic hydroxyl groups is 1. The molecular formula is C14H20N4O3. The van der Waals surface area contributed by atoms with E-state index in [4.69, 9.17) is 5.11 Å². The maximum atomic E-state index is 12.5. The molecule has 0 bridgehead atoms. The summed E-state index contributed by atoms with van der Waals surface area (Å²) in [4.78, 5) is 30.6. The van der Waals surface area contributed by atoms with Gasteiger partial charge in [0, 0.05) is 33.9 Å². The van der Waals surface area contributed by atoms with Gasteiger partial charge in [0.1, 0.15) is 5.39 Å². The summed E-state index contributed by atoms with van der Waals surface area (Å²) in [6, 6.07) is 0. The quantitative estimate of drug-likeness (QED) is 0.831. The van der Waals surface area contributed by atoms with Crippen molar-refractivity contribution in [1.82, 2.24) is 14.1 Å². The third kappa shape index (κ3) is 2.33. The second-order valence-corrected chi connectivity index (χ2v) is 5.04. The standard InChI is InChI=1S/C14H20N4O3/c1-5-9-8-15-12-10(11(9)16(2)6-7-19)13(20)18(4)14(21)17(12)3/h8,19H,5-7H2,1-4H3. The molecule has 2 heterocycles. The number of nitrogens with zero attached hydrogens (tertiary/aromatic N) is 4. The Morgan fingerprint density at radius 2 is 1.95 bits per heavy atom. The fourth-order valence-corrected chi connectivity index (χ4v) is 2.51. The van der Waals surface area contributed by atoms with Crippen LogP contribution in [0.5, 0.6) is 0 Å². The van der Waals surface area contributed by atoms with E-state index >= 15 is 0 Å². The number of anilines is 1. The Hall–Kier alpha value is -2.15. The summed E-state index contributed by atoms with van der Waals surface area (Å²) in [5, 5.41) is 9.57. The maximum Gasteiger partial charge on any atom is 0.332 e. The molecule has 21 heavy (non-hydrogen) atoms. The van der Waals surface area contributed by atoms with Crippen LogP contribution in [-0.2, 0) is 20.5 Å². The zero-order chi connectivity index (χ0) is 15.7. The number of aryl methyl sites for hydroxylation is 2. The van der Waals surface area contributed by atoms with Crippen molar-refractivity contribution in [1.29, 1.82) is 0 Å². The molecule has 2 rings (SSSR count). The largest absolute Gasteiger partial charge is 0.395 e. The molecule has 7 nitrogen and oxygen atoms in total. The van der Waals surface area contributed by atoms with Gasteiger partial charge in [0.25, 0.3) is 5.56 Å². The van der Waals surface area contributed by atoms with Crippen molar-refractivity contribution in [2.45, 2.75) is 13.3 Å². The van der Waals surface area contributed by atoms with Crippen molar-refractivity contribution >= 4 is 16.7 Å². The molecular weight excluding hydrogens is 272 g/mol. The van der Waals surface area contributed by atoms with E-state index in [0.29, 0.717) is 24.0 Å². The van der Waals surface area contributed by atoms with Gasteiger partial charge >= 0.3 is 5.69 Å². The topological polar surface area (TPSA) is 80.4 Å². The molecule has 0 aromatic carbocycles. The molecule has 0 saturated carbocycles. The van der Waals surface area contributed by atoms with Gasteiger partial charge in [-0.15, -0.1) is 0 Å². The lowest BCUT2D eigenvalue weighted by molar-refractivity contribution is 0.304. The van der Waals surface area contributed by atoms with Crippen LogP contribution in [0.1, 0.15) is 12.5 Å². The molecule has 2 aromatic rings. The highest BCUT2D eigenvalue weighted by Gasteiger charge is 2.18. The van der Waals surface area contributed by atoms with Gasteiger partial charge in [0.05, 0.1) is 12.3 Å². The average Bonchev–Trinajstić information content (AvgIpc) is 2.49. The van der Waals surface area contributed by atoms with E-state index in [-0.39, 0.29) is 12.2 Å². The second-order valence-electron chi connectivity index (χ2n) is 5.04. The lowest BCUT2D eigenvalue weighted by atomic mass is 10.1. The zero-order valence-electron chi connectivity index (χ0n) is 12.8. The minimum atomic E-state index is -0.403. The molecule has 0 amide bonds. The van der Waals surface area contributed by atoms with Crippen molar-refractivity contribution in [2.75, 3.05) is 25.1 Å². The van der Waals surface area contributed by atoms with Gasteiger partial charge < -0.3 is 10.0 Å². The minimum absolute atomic E-state index is 0.0183. The predicted molar refractivity (Wildman–Crippen MR) is 82.0 cm³/mol. The Morgan fingerprint density at radius 1 is 1.29 bits per heavy atom. The highest BCUT2D eigenvalue weighted by atomic mass is 16.3. The fourth-order valence-electron chi connectivity index (χ4n) is 2.51. The van der Waals surface area contributed by atoms with Gasteiger partial charge in [-0.1, -0.05) is 6.92 Å². The number of aromatic nitrogens is 3. The van der Waals surface area contributed by atoms with E-state index in [1.165, 1.54) is 11.6 Å². The number of aliphatic hydroxyl groups excluding tert-OH is 1. The number of pyridine rings is 1. The summed E-state index contributed by atoms with van der Waals surface area (Å²) in [7, 11) is 4.87. The van der Waals surface area contributed by atoms with Gasteiger partial charge in [0.2, 0.25) is 0 Å². The van der Waals surface area contributed by atoms with Gasteiger partial charge in [-0.2, -0.15) is 0 Å². The predicted octanol–water partition coefficient (Wildman–Crippen LogP) is -0.377. The summed E-state index contributed by atoms with van der Waals surface area (Å²) >= 11 is 0. The smallest absolute Gasteiger partial charge is 0.332 e. The molecule has 0 aliphatic heterocycles. The van der Waals surface area contributed by atoms with Crippen LogP contribution < -0.4 is 16.1 Å². The molecule has 1 N–H and O–H groups in total. The number of likely N-dealkylation sites (N-methyl/N-ethyl adjacent to an activating group) is 1. The van der Waals surface area contributed by atoms with E-state index in [2.05, 4.69) is 4.98 Å². The van der Waals surface area contributed by atoms with Crippen molar-refractivity contribution in [3.63, 3.8) is 0 Å². The second kappa shape index (κ2) is 5.69. The Morgan fingerprint density at radius 3 is 2.52 bits per heavy atom. The molecule has 0 fully saturated rings. The van der Waals surface area contributed by atoms with Crippen LogP contribution in [-0.4, -0.2) is 39.4 Å². The summed E-state index contributed by atoms with van der Waals surface area (Å²) < 4.78 is 2.45. The van der Waals surface area contributed by atoms with Crippen molar-refractivity contribution in [3.05, 3.63) is 32.6 Å². The number of rotatable bonds is 4. The summed E-state index contributed by atoms with van der Waals surface area (Å²) in [6.45, 7) is 2.36. The molecule has 0 spiro atoms. The number of fused-ring (bicyclic) bond motifs is 1. The molecule has 7 heteroatoms. The molecule has 0 aliphatic carbocycles. The lowest BCUT2D eigenvalue weighted by Crippen LogP contribution is -2.38. The van der Waals surface area contributed by atoms with Crippen LogP contribution in [0, 0.1) is 0 Å². The highest BCUT2D eigenvalue weighted by Crippen LogP contribution is 2.26. The van der Waals surface area contributed by atoms with E-state index in [1.807, 2.05) is 18.9 Å². The van der Waals surface area contributed by atoms with Gasteiger partial charge in [0.15, 0.2) is 5.65 Å². The van der Waals surface area contributed by atoms with Crippen molar-refractivity contribution < 1.29 is 5.11 Å². The Kier molecular flexibility index (Phi) is 4.13. The normalized spacial score (nSPS) is 11.1. The SMILES string of the molecule is CCc1cnc2c(c1N(C)CCO)c(=O)n(C)c(=O)n2C. The first-order valence-corrected chi connectivity index (χ1v) is 6.83. The Balaban J connectivity index is 2.99. The van der Waals surface area contributed by atoms with Crippen LogP contribution in [0.25, 0.3) is 11.0 Å². The van der Waals surface area contributed by atoms with Crippen LogP contribution in [0.3, 0.4) is 0 Å². The van der Waals surface area contributed by atoms with Crippen LogP contribution >= 0.6 is 0 Å². The monoisotopic (exact) mass is 292 g/mol. The first kappa shape index (κ1) is 15.2. The minimum Gasteiger partial charge on any atom is -0.395 e. The maximum absolute atomic E-state index is 12.5. The third-order valence-electron chi connectivity index (χ3n) is 3.72. The molecule has 0 saturated heterocycles. The van der Waals surface area contributed by atoms with Crippen molar-refractivity contribution in [3.8, 4) is 0 Å². The number of hydrogen-bond acceptors (Lipinski definition) is 5. The first-order valence-electron chi connectivity index (χ1n) is 6.83. The third-order valence-corrected chi connectivity index (χ3v) is 3.72. The van der Waals surface area contributed by atoms with E-state index in [0.717, 1.165) is 15.8 Å². The molecule has 2 aromatic heterocycles. The fraction of sp³-hybridized carbons (Fsp3) is 0.500.